The highest BCUT2D eigenvalue weighted by atomic mass is 16.2. The number of benzene rings is 1. The van der Waals surface area contributed by atoms with Crippen LogP contribution < -0.4 is 5.32 Å². The molecule has 1 unspecified atom stereocenters. The second kappa shape index (κ2) is 4.70. The summed E-state index contributed by atoms with van der Waals surface area (Å²) in [4.78, 5) is 27.6. The molecule has 116 valence electrons. The van der Waals surface area contributed by atoms with Gasteiger partial charge in [-0.15, -0.1) is 0 Å². The first kappa shape index (κ1) is 14.8. The van der Waals surface area contributed by atoms with Crippen molar-refractivity contribution < 1.29 is 9.59 Å². The first-order chi connectivity index (χ1) is 10.3. The Balaban J connectivity index is 2.16. The van der Waals surface area contributed by atoms with Gasteiger partial charge in [-0.1, -0.05) is 30.4 Å². The van der Waals surface area contributed by atoms with Crippen LogP contribution in [0.1, 0.15) is 49.5 Å². The van der Waals surface area contributed by atoms with Crippen LogP contribution in [0.25, 0.3) is 0 Å². The van der Waals surface area contributed by atoms with Crippen molar-refractivity contribution in [1.82, 2.24) is 10.2 Å². The maximum atomic E-state index is 13.1. The molecule has 4 nitrogen and oxygen atoms in total. The second-order valence-electron chi connectivity index (χ2n) is 7.24. The standard InChI is InChI=1S/C18H22N2O2/c1-12-9-10-20-15(21)13-7-5-6-8-14(13)18(20,11-12)16(22)19-17(2,3)4/h5-8H,1,9-11H2,2-4H3,(H,19,22). The molecule has 1 aromatic rings. The molecular formula is C18H22N2O2. The molecule has 4 heteroatoms. The topological polar surface area (TPSA) is 49.4 Å². The molecule has 1 fully saturated rings. The third-order valence-electron chi connectivity index (χ3n) is 4.37. The van der Waals surface area contributed by atoms with Gasteiger partial charge in [0.2, 0.25) is 0 Å². The van der Waals surface area contributed by atoms with E-state index in [1.807, 2.05) is 45.0 Å². The Morgan fingerprint density at radius 1 is 1.32 bits per heavy atom. The van der Waals surface area contributed by atoms with Crippen LogP contribution in [0.5, 0.6) is 0 Å². The molecule has 0 aromatic heterocycles. The minimum atomic E-state index is -0.934. The summed E-state index contributed by atoms with van der Waals surface area (Å²) >= 11 is 0. The number of piperidine rings is 1. The maximum Gasteiger partial charge on any atom is 0.255 e. The lowest BCUT2D eigenvalue weighted by molar-refractivity contribution is -0.134. The number of carbonyl (C=O) groups is 2. The Kier molecular flexibility index (Phi) is 3.17. The van der Waals surface area contributed by atoms with Gasteiger partial charge in [0.1, 0.15) is 0 Å². The average Bonchev–Trinajstić information content (AvgIpc) is 2.68. The number of hydrogen-bond acceptors (Lipinski definition) is 2. The van der Waals surface area contributed by atoms with Gasteiger partial charge in [-0.25, -0.2) is 0 Å². The van der Waals surface area contributed by atoms with Crippen molar-refractivity contribution in [1.29, 1.82) is 0 Å². The molecule has 2 amide bonds. The zero-order valence-electron chi connectivity index (χ0n) is 13.4. The molecule has 0 radical (unpaired) electrons. The van der Waals surface area contributed by atoms with E-state index in [4.69, 9.17) is 0 Å². The number of fused-ring (bicyclic) bond motifs is 3. The molecule has 0 bridgehead atoms. The summed E-state index contributed by atoms with van der Waals surface area (Å²) in [6.07, 6.45) is 1.25. The Morgan fingerprint density at radius 3 is 2.68 bits per heavy atom. The summed E-state index contributed by atoms with van der Waals surface area (Å²) in [7, 11) is 0. The van der Waals surface area contributed by atoms with Crippen molar-refractivity contribution >= 4 is 11.8 Å². The van der Waals surface area contributed by atoms with Crippen LogP contribution in [0.4, 0.5) is 0 Å². The van der Waals surface area contributed by atoms with E-state index in [2.05, 4.69) is 11.9 Å². The lowest BCUT2D eigenvalue weighted by Gasteiger charge is -2.43. The van der Waals surface area contributed by atoms with Gasteiger partial charge in [-0.2, -0.15) is 0 Å². The third-order valence-corrected chi connectivity index (χ3v) is 4.37. The van der Waals surface area contributed by atoms with Crippen LogP contribution >= 0.6 is 0 Å². The monoisotopic (exact) mass is 298 g/mol. The first-order valence-electron chi connectivity index (χ1n) is 7.66. The smallest absolute Gasteiger partial charge is 0.255 e. The Labute approximate surface area is 131 Å². The van der Waals surface area contributed by atoms with Gasteiger partial charge >= 0.3 is 0 Å². The number of amides is 2. The summed E-state index contributed by atoms with van der Waals surface area (Å²) in [5.41, 5.74) is 1.18. The lowest BCUT2D eigenvalue weighted by atomic mass is 9.79. The molecule has 2 heterocycles. The van der Waals surface area contributed by atoms with E-state index in [9.17, 15) is 9.59 Å². The maximum absolute atomic E-state index is 13.1. The summed E-state index contributed by atoms with van der Waals surface area (Å²) in [6.45, 7) is 10.5. The van der Waals surface area contributed by atoms with Crippen molar-refractivity contribution in [3.63, 3.8) is 0 Å². The van der Waals surface area contributed by atoms with E-state index in [0.717, 1.165) is 17.6 Å². The molecule has 0 saturated carbocycles. The molecule has 0 aliphatic carbocycles. The highest BCUT2D eigenvalue weighted by molar-refractivity contribution is 6.07. The fourth-order valence-electron chi connectivity index (χ4n) is 3.47. The Morgan fingerprint density at radius 2 is 2.00 bits per heavy atom. The predicted molar refractivity (Wildman–Crippen MR) is 85.4 cm³/mol. The molecule has 1 aromatic carbocycles. The minimum Gasteiger partial charge on any atom is -0.349 e. The van der Waals surface area contributed by atoms with Gasteiger partial charge in [0.05, 0.1) is 0 Å². The van der Waals surface area contributed by atoms with E-state index in [1.54, 1.807) is 4.90 Å². The first-order valence-corrected chi connectivity index (χ1v) is 7.66. The van der Waals surface area contributed by atoms with E-state index in [-0.39, 0.29) is 17.4 Å². The van der Waals surface area contributed by atoms with Crippen molar-refractivity contribution in [2.45, 2.75) is 44.7 Å². The van der Waals surface area contributed by atoms with Gasteiger partial charge in [-0.3, -0.25) is 9.59 Å². The minimum absolute atomic E-state index is 0.0489. The van der Waals surface area contributed by atoms with Crippen molar-refractivity contribution in [3.05, 3.63) is 47.5 Å². The highest BCUT2D eigenvalue weighted by Crippen LogP contribution is 2.47. The third kappa shape index (κ3) is 2.05. The van der Waals surface area contributed by atoms with Crippen LogP contribution in [0.2, 0.25) is 0 Å². The van der Waals surface area contributed by atoms with E-state index in [0.29, 0.717) is 18.5 Å². The molecule has 2 aliphatic rings. The summed E-state index contributed by atoms with van der Waals surface area (Å²) in [5.74, 6) is -0.161. The zero-order valence-corrected chi connectivity index (χ0v) is 13.4. The van der Waals surface area contributed by atoms with Crippen LogP contribution in [0, 0.1) is 0 Å². The number of nitrogens with zero attached hydrogens (tertiary/aromatic N) is 1. The van der Waals surface area contributed by atoms with Gasteiger partial charge in [-0.05, 0) is 33.3 Å². The molecule has 2 aliphatic heterocycles. The Bertz CT molecular complexity index is 672. The van der Waals surface area contributed by atoms with Gasteiger partial charge in [0.15, 0.2) is 5.54 Å². The zero-order chi connectivity index (χ0) is 16.1. The highest BCUT2D eigenvalue weighted by Gasteiger charge is 2.56. The summed E-state index contributed by atoms with van der Waals surface area (Å²) < 4.78 is 0. The second-order valence-corrected chi connectivity index (χ2v) is 7.24. The van der Waals surface area contributed by atoms with E-state index >= 15 is 0 Å². The van der Waals surface area contributed by atoms with Gasteiger partial charge in [0.25, 0.3) is 11.8 Å². The predicted octanol–water partition coefficient (Wildman–Crippen LogP) is 2.60. The summed E-state index contributed by atoms with van der Waals surface area (Å²) in [6, 6.07) is 7.44. The number of nitrogens with one attached hydrogen (secondary N) is 1. The van der Waals surface area contributed by atoms with Crippen molar-refractivity contribution in [3.8, 4) is 0 Å². The van der Waals surface area contributed by atoms with Crippen LogP contribution in [-0.2, 0) is 10.3 Å². The van der Waals surface area contributed by atoms with Gasteiger partial charge < -0.3 is 10.2 Å². The van der Waals surface area contributed by atoms with E-state index < -0.39 is 5.54 Å². The number of hydrogen-bond donors (Lipinski definition) is 1. The van der Waals surface area contributed by atoms with Crippen LogP contribution in [-0.4, -0.2) is 28.8 Å². The normalized spacial score (nSPS) is 24.0. The lowest BCUT2D eigenvalue weighted by Crippen LogP contribution is -2.59. The molecule has 22 heavy (non-hydrogen) atoms. The number of carbonyl (C=O) groups excluding carboxylic acids is 2. The van der Waals surface area contributed by atoms with Crippen molar-refractivity contribution in [2.24, 2.45) is 0 Å². The fourth-order valence-corrected chi connectivity index (χ4v) is 3.47. The van der Waals surface area contributed by atoms with Crippen molar-refractivity contribution in [2.75, 3.05) is 6.54 Å². The summed E-state index contributed by atoms with van der Waals surface area (Å²) in [5, 5.41) is 3.06. The van der Waals surface area contributed by atoms with E-state index in [1.165, 1.54) is 0 Å². The van der Waals surface area contributed by atoms with Gasteiger partial charge in [0, 0.05) is 29.6 Å². The molecule has 0 spiro atoms. The van der Waals surface area contributed by atoms with Crippen LogP contribution in [0.15, 0.2) is 36.4 Å². The molecule has 1 N–H and O–H groups in total. The number of rotatable bonds is 1. The largest absolute Gasteiger partial charge is 0.349 e. The SMILES string of the molecule is C=C1CCN2C(=O)c3ccccc3C2(C(=O)NC(C)(C)C)C1. The Hall–Kier alpha value is -2.10. The fraction of sp³-hybridized carbons (Fsp3) is 0.444. The molecule has 1 atom stereocenters. The van der Waals surface area contributed by atoms with Crippen LogP contribution in [0.3, 0.4) is 0 Å². The molecular weight excluding hydrogens is 276 g/mol. The molecule has 1 saturated heterocycles. The average molecular weight is 298 g/mol. The quantitative estimate of drug-likeness (QED) is 0.810. The molecule has 3 rings (SSSR count).